The van der Waals surface area contributed by atoms with Gasteiger partial charge in [-0.15, -0.1) is 0 Å². The summed E-state index contributed by atoms with van der Waals surface area (Å²) in [4.78, 5) is 21.6. The molecule has 0 atom stereocenters. The van der Waals surface area contributed by atoms with Crippen molar-refractivity contribution in [2.75, 3.05) is 0 Å². The molecule has 0 spiro atoms. The molecule has 0 heterocycles. The molecule has 0 aliphatic heterocycles. The van der Waals surface area contributed by atoms with Crippen LogP contribution in [0.5, 0.6) is 0 Å². The summed E-state index contributed by atoms with van der Waals surface area (Å²) in [5.74, 6) is -0.0891. The van der Waals surface area contributed by atoms with Crippen LogP contribution < -0.4 is 0 Å². The molecule has 0 aromatic rings. The molecule has 0 saturated carbocycles. The summed E-state index contributed by atoms with van der Waals surface area (Å²) in [6.45, 7) is 8.44. The van der Waals surface area contributed by atoms with Gasteiger partial charge in [-0.2, -0.15) is 0 Å². The summed E-state index contributed by atoms with van der Waals surface area (Å²) in [7, 11) is 0. The van der Waals surface area contributed by atoms with Gasteiger partial charge >= 0.3 is 71.5 Å². The number of rotatable bonds is 5. The molecule has 3 heteroatoms. The van der Waals surface area contributed by atoms with E-state index in [-0.39, 0.29) is 16.6 Å². The Bertz CT molecular complexity index is 188. The van der Waals surface area contributed by atoms with Crippen molar-refractivity contribution >= 4 is 10.2 Å². The SMILES string of the molecule is C=[CH][Rh]([CH]=C)[C](=O)CC(C)=O. The Balaban J connectivity index is 4.10. The van der Waals surface area contributed by atoms with E-state index >= 15 is 0 Å². The average molecular weight is 242 g/mol. The summed E-state index contributed by atoms with van der Waals surface area (Å²) in [6, 6.07) is 0. The molecule has 0 unspecified atom stereocenters. The van der Waals surface area contributed by atoms with Gasteiger partial charge in [-0.05, 0) is 0 Å². The average Bonchev–Trinajstić information content (AvgIpc) is 1.88. The minimum atomic E-state index is -1.59. The molecule has 0 amide bonds. The van der Waals surface area contributed by atoms with Crippen LogP contribution in [0.4, 0.5) is 0 Å². The van der Waals surface area contributed by atoms with Crippen molar-refractivity contribution in [3.8, 4) is 0 Å². The van der Waals surface area contributed by atoms with Crippen molar-refractivity contribution in [1.29, 1.82) is 0 Å². The van der Waals surface area contributed by atoms with Gasteiger partial charge in [0.05, 0.1) is 0 Å². The van der Waals surface area contributed by atoms with E-state index in [1.807, 2.05) is 0 Å². The van der Waals surface area contributed by atoms with Crippen LogP contribution in [0.2, 0.25) is 0 Å². The van der Waals surface area contributed by atoms with E-state index in [2.05, 4.69) is 13.2 Å². The van der Waals surface area contributed by atoms with E-state index in [1.54, 1.807) is 9.34 Å². The Morgan fingerprint density at radius 3 is 2.09 bits per heavy atom. The zero-order valence-corrected chi connectivity index (χ0v) is 8.06. The molecule has 0 rings (SSSR count). The molecule has 0 bridgehead atoms. The zero-order valence-electron chi connectivity index (χ0n) is 6.43. The van der Waals surface area contributed by atoms with Gasteiger partial charge in [0.25, 0.3) is 0 Å². The van der Waals surface area contributed by atoms with E-state index < -0.39 is 16.0 Å². The number of hydrogen-bond acceptors (Lipinski definition) is 2. The van der Waals surface area contributed by atoms with E-state index in [1.165, 1.54) is 6.92 Å². The van der Waals surface area contributed by atoms with Gasteiger partial charge in [-0.1, -0.05) is 0 Å². The fourth-order valence-corrected chi connectivity index (χ4v) is 2.22. The predicted molar refractivity (Wildman–Crippen MR) is 40.7 cm³/mol. The molecule has 0 aliphatic rings. The van der Waals surface area contributed by atoms with Gasteiger partial charge in [0.15, 0.2) is 0 Å². The molecular formula is C8H11O2Rh. The maximum atomic E-state index is 11.1. The Morgan fingerprint density at radius 1 is 1.36 bits per heavy atom. The Hall–Kier alpha value is -0.557. The number of Topliss-reactive ketones (excluding diaryl/α,β-unsaturated/α-hetero) is 1. The summed E-state index contributed by atoms with van der Waals surface area (Å²) >= 11 is -1.59. The van der Waals surface area contributed by atoms with E-state index in [0.717, 1.165) is 0 Å². The second kappa shape index (κ2) is 5.14. The fourth-order valence-electron chi connectivity index (χ4n) is 0.460. The van der Waals surface area contributed by atoms with Crippen molar-refractivity contribution < 1.29 is 25.5 Å². The topological polar surface area (TPSA) is 34.1 Å². The molecule has 0 N–H and O–H groups in total. The van der Waals surface area contributed by atoms with Crippen molar-refractivity contribution in [3.63, 3.8) is 0 Å². The molecule has 0 radical (unpaired) electrons. The quantitative estimate of drug-likeness (QED) is 0.539. The van der Waals surface area contributed by atoms with Gasteiger partial charge in [0.1, 0.15) is 0 Å². The first kappa shape index (κ1) is 10.4. The molecular weight excluding hydrogens is 231 g/mol. The van der Waals surface area contributed by atoms with Crippen LogP contribution in [-0.4, -0.2) is 10.2 Å². The van der Waals surface area contributed by atoms with Crippen molar-refractivity contribution in [1.82, 2.24) is 0 Å². The van der Waals surface area contributed by atoms with E-state index in [9.17, 15) is 9.59 Å². The van der Waals surface area contributed by atoms with Gasteiger partial charge < -0.3 is 0 Å². The maximum absolute atomic E-state index is 11.1. The third-order valence-electron chi connectivity index (χ3n) is 0.888. The first-order valence-electron chi connectivity index (χ1n) is 2.98. The van der Waals surface area contributed by atoms with Crippen LogP contribution in [0.1, 0.15) is 13.3 Å². The normalized spacial score (nSPS) is 10.1. The summed E-state index contributed by atoms with van der Waals surface area (Å²) in [5.41, 5.74) is 0. The van der Waals surface area contributed by atoms with Gasteiger partial charge in [0, 0.05) is 0 Å². The van der Waals surface area contributed by atoms with Crippen molar-refractivity contribution in [2.24, 2.45) is 0 Å². The first-order chi connectivity index (χ1) is 5.11. The second-order valence-electron chi connectivity index (χ2n) is 1.78. The van der Waals surface area contributed by atoms with Crippen molar-refractivity contribution in [2.45, 2.75) is 13.3 Å². The predicted octanol–water partition coefficient (Wildman–Crippen LogP) is 1.40. The molecule has 11 heavy (non-hydrogen) atoms. The molecule has 0 saturated heterocycles. The van der Waals surface area contributed by atoms with Gasteiger partial charge in [-0.3, -0.25) is 0 Å². The van der Waals surface area contributed by atoms with Gasteiger partial charge in [0.2, 0.25) is 0 Å². The molecule has 0 fully saturated rings. The summed E-state index contributed by atoms with van der Waals surface area (Å²) in [6.07, 6.45) is 0.0327. The molecule has 64 valence electrons. The fraction of sp³-hybridized carbons (Fsp3) is 0.250. The van der Waals surface area contributed by atoms with Crippen LogP contribution in [0, 0.1) is 0 Å². The number of hydrogen-bond donors (Lipinski definition) is 0. The monoisotopic (exact) mass is 242 g/mol. The number of carbonyl (C=O) groups is 2. The van der Waals surface area contributed by atoms with Crippen molar-refractivity contribution in [3.05, 3.63) is 22.5 Å². The van der Waals surface area contributed by atoms with Crippen LogP contribution >= 0.6 is 0 Å². The third kappa shape index (κ3) is 4.00. The van der Waals surface area contributed by atoms with E-state index in [0.29, 0.717) is 0 Å². The van der Waals surface area contributed by atoms with Crippen LogP contribution in [0.15, 0.2) is 22.5 Å². The third-order valence-corrected chi connectivity index (χ3v) is 3.67. The standard InChI is InChI=1S/C4H5O2.2C2H3.Rh/c1-4(6)2-3-5;2*1-2;/h2H2,1H3;2*1H,2H2;. The minimum absolute atomic E-state index is 0.00657. The Labute approximate surface area is 71.9 Å². The molecule has 2 nitrogen and oxygen atoms in total. The zero-order chi connectivity index (χ0) is 8.85. The molecule has 0 aromatic carbocycles. The molecule has 0 aliphatic carbocycles. The Morgan fingerprint density at radius 2 is 1.82 bits per heavy atom. The second-order valence-corrected chi connectivity index (χ2v) is 5.53. The molecule has 0 aromatic heterocycles. The number of ketones is 1. The van der Waals surface area contributed by atoms with E-state index in [4.69, 9.17) is 0 Å². The van der Waals surface area contributed by atoms with Crippen LogP contribution in [0.25, 0.3) is 0 Å². The first-order valence-corrected chi connectivity index (χ1v) is 5.69. The van der Waals surface area contributed by atoms with Crippen LogP contribution in [0.3, 0.4) is 0 Å². The number of carbonyl (C=O) groups excluding carboxylic acids is 2. The summed E-state index contributed by atoms with van der Waals surface area (Å²) < 4.78 is 3.22. The summed E-state index contributed by atoms with van der Waals surface area (Å²) in [5, 5.41) is 0. The Kier molecular flexibility index (Phi) is 4.88. The van der Waals surface area contributed by atoms with Crippen LogP contribution in [-0.2, 0) is 25.5 Å². The van der Waals surface area contributed by atoms with Gasteiger partial charge in [-0.25, -0.2) is 0 Å².